The minimum atomic E-state index is -0.343. The number of aromatic nitrogens is 2. The first-order valence-electron chi connectivity index (χ1n) is 12.0. The van der Waals surface area contributed by atoms with Crippen molar-refractivity contribution in [2.45, 2.75) is 26.0 Å². The fraction of sp³-hybridized carbons (Fsp3) is 0.250. The summed E-state index contributed by atoms with van der Waals surface area (Å²) in [5.41, 5.74) is 2.83. The molecule has 4 aromatic rings. The van der Waals surface area contributed by atoms with Gasteiger partial charge >= 0.3 is 5.97 Å². The van der Waals surface area contributed by atoms with Gasteiger partial charge in [0.15, 0.2) is 17.6 Å². The highest BCUT2D eigenvalue weighted by Gasteiger charge is 2.21. The van der Waals surface area contributed by atoms with Crippen LogP contribution in [0.25, 0.3) is 10.9 Å². The zero-order chi connectivity index (χ0) is 24.9. The van der Waals surface area contributed by atoms with Crippen LogP contribution in [-0.4, -0.2) is 47.5 Å². The zero-order valence-corrected chi connectivity index (χ0v) is 20.0. The van der Waals surface area contributed by atoms with Gasteiger partial charge < -0.3 is 19.5 Å². The van der Waals surface area contributed by atoms with Crippen LogP contribution < -0.4 is 14.8 Å². The molecule has 1 N–H and O–H groups in total. The summed E-state index contributed by atoms with van der Waals surface area (Å²) >= 11 is 0. The second kappa shape index (κ2) is 10.5. The van der Waals surface area contributed by atoms with Crippen LogP contribution in [0.1, 0.15) is 33.2 Å². The minimum absolute atomic E-state index is 0.153. The first-order valence-corrected chi connectivity index (χ1v) is 12.0. The van der Waals surface area contributed by atoms with Gasteiger partial charge in [-0.15, -0.1) is 0 Å². The molecule has 1 aliphatic heterocycles. The minimum Gasteiger partial charge on any atom is -0.486 e. The number of ether oxygens (including phenoxy) is 3. The fourth-order valence-corrected chi connectivity index (χ4v) is 4.16. The predicted octanol–water partition coefficient (Wildman–Crippen LogP) is 4.03. The van der Waals surface area contributed by atoms with Crippen molar-refractivity contribution in [3.63, 3.8) is 0 Å². The maximum atomic E-state index is 12.7. The third kappa shape index (κ3) is 5.33. The summed E-state index contributed by atoms with van der Waals surface area (Å²) in [5, 5.41) is 8.44. The summed E-state index contributed by atoms with van der Waals surface area (Å²) in [7, 11) is 0. The quantitative estimate of drug-likeness (QED) is 0.379. The second-order valence-electron chi connectivity index (χ2n) is 8.55. The lowest BCUT2D eigenvalue weighted by molar-refractivity contribution is 0.0526. The third-order valence-corrected chi connectivity index (χ3v) is 5.91. The van der Waals surface area contributed by atoms with E-state index in [9.17, 15) is 9.59 Å². The van der Waals surface area contributed by atoms with Crippen molar-refractivity contribution in [3.05, 3.63) is 89.6 Å². The highest BCUT2D eigenvalue weighted by Crippen LogP contribution is 2.31. The van der Waals surface area contributed by atoms with E-state index in [2.05, 4.69) is 10.4 Å². The molecule has 5 rings (SSSR count). The topological polar surface area (TPSA) is 91.7 Å². The Bertz CT molecular complexity index is 1400. The predicted molar refractivity (Wildman–Crippen MR) is 135 cm³/mol. The van der Waals surface area contributed by atoms with E-state index in [0.717, 1.165) is 28.0 Å². The van der Waals surface area contributed by atoms with E-state index in [1.54, 1.807) is 25.1 Å². The van der Waals surface area contributed by atoms with E-state index >= 15 is 0 Å². The largest absolute Gasteiger partial charge is 0.486 e. The lowest BCUT2D eigenvalue weighted by atomic mass is 10.1. The second-order valence-corrected chi connectivity index (χ2v) is 8.55. The molecule has 1 unspecified atom stereocenters. The van der Waals surface area contributed by atoms with Gasteiger partial charge in [-0.1, -0.05) is 24.3 Å². The van der Waals surface area contributed by atoms with E-state index in [1.807, 2.05) is 59.4 Å². The van der Waals surface area contributed by atoms with Crippen LogP contribution in [0.15, 0.2) is 72.9 Å². The highest BCUT2D eigenvalue weighted by atomic mass is 16.6. The Labute approximate surface area is 208 Å². The van der Waals surface area contributed by atoms with Crippen molar-refractivity contribution < 1.29 is 23.8 Å². The van der Waals surface area contributed by atoms with Gasteiger partial charge in [-0.25, -0.2) is 4.79 Å². The molecule has 184 valence electrons. The lowest BCUT2D eigenvalue weighted by Crippen LogP contribution is -2.33. The van der Waals surface area contributed by atoms with Crippen LogP contribution in [0.4, 0.5) is 0 Å². The van der Waals surface area contributed by atoms with Crippen molar-refractivity contribution in [1.29, 1.82) is 0 Å². The molecule has 0 saturated carbocycles. The third-order valence-electron chi connectivity index (χ3n) is 5.91. The van der Waals surface area contributed by atoms with Gasteiger partial charge in [-0.05, 0) is 61.4 Å². The first-order chi connectivity index (χ1) is 17.6. The van der Waals surface area contributed by atoms with Crippen LogP contribution in [-0.2, 0) is 17.7 Å². The molecule has 0 bridgehead atoms. The molecular formula is C28H27N3O5. The van der Waals surface area contributed by atoms with Crippen molar-refractivity contribution in [1.82, 2.24) is 15.1 Å². The van der Waals surface area contributed by atoms with Crippen LogP contribution in [0.3, 0.4) is 0 Å². The number of nitrogens with zero attached hydrogens (tertiary/aromatic N) is 2. The Balaban J connectivity index is 1.18. The molecule has 3 aromatic carbocycles. The van der Waals surface area contributed by atoms with Crippen LogP contribution in [0.2, 0.25) is 0 Å². The van der Waals surface area contributed by atoms with Gasteiger partial charge in [0.05, 0.1) is 24.2 Å². The number of benzene rings is 3. The van der Waals surface area contributed by atoms with Gasteiger partial charge in [0.25, 0.3) is 5.91 Å². The fourth-order valence-electron chi connectivity index (χ4n) is 4.16. The molecule has 1 aliphatic rings. The summed E-state index contributed by atoms with van der Waals surface area (Å²) in [4.78, 5) is 24.7. The Hall–Kier alpha value is -4.33. The van der Waals surface area contributed by atoms with Gasteiger partial charge in [-0.3, -0.25) is 9.48 Å². The standard InChI is InChI=1S/C28H27N3O5/c1-2-34-28(33)21-7-5-6-19(14-21)12-13-29-27(32)20-10-11-24-22(15-20)16-31(30-24)17-23-18-35-25-8-3-4-9-26(25)36-23/h3-11,14-16,23H,2,12-13,17-18H2,1H3,(H,29,32). The number of hydrogen-bond acceptors (Lipinski definition) is 6. The van der Waals surface area contributed by atoms with E-state index in [4.69, 9.17) is 14.2 Å². The summed E-state index contributed by atoms with van der Waals surface area (Å²) in [6, 6.07) is 20.3. The van der Waals surface area contributed by atoms with E-state index in [0.29, 0.717) is 43.9 Å². The SMILES string of the molecule is CCOC(=O)c1cccc(CCNC(=O)c2ccc3nn(CC4COc5ccccc5O4)cc3c2)c1. The molecule has 1 atom stereocenters. The van der Waals surface area contributed by atoms with Crippen molar-refractivity contribution in [2.75, 3.05) is 19.8 Å². The van der Waals surface area contributed by atoms with Gasteiger partial charge in [-0.2, -0.15) is 5.10 Å². The van der Waals surface area contributed by atoms with Crippen LogP contribution in [0, 0.1) is 0 Å². The molecule has 0 spiro atoms. The Morgan fingerprint density at radius 1 is 1.06 bits per heavy atom. The number of amides is 1. The number of rotatable bonds is 8. The molecule has 2 heterocycles. The highest BCUT2D eigenvalue weighted by molar-refractivity contribution is 5.97. The number of nitrogens with one attached hydrogen (secondary N) is 1. The van der Waals surface area contributed by atoms with Crippen LogP contribution in [0.5, 0.6) is 11.5 Å². The summed E-state index contributed by atoms with van der Waals surface area (Å²) in [6.07, 6.45) is 2.36. The van der Waals surface area contributed by atoms with Crippen molar-refractivity contribution in [2.24, 2.45) is 0 Å². The lowest BCUT2D eigenvalue weighted by Gasteiger charge is -2.26. The smallest absolute Gasteiger partial charge is 0.338 e. The average molecular weight is 486 g/mol. The maximum absolute atomic E-state index is 12.7. The molecule has 1 aromatic heterocycles. The van der Waals surface area contributed by atoms with Crippen LogP contribution >= 0.6 is 0 Å². The molecule has 0 radical (unpaired) electrons. The van der Waals surface area contributed by atoms with Gasteiger partial charge in [0.1, 0.15) is 6.61 Å². The molecule has 36 heavy (non-hydrogen) atoms. The number of carbonyl (C=O) groups is 2. The summed E-state index contributed by atoms with van der Waals surface area (Å²) in [6.45, 7) is 3.54. The Morgan fingerprint density at radius 2 is 1.92 bits per heavy atom. The monoisotopic (exact) mass is 485 g/mol. The zero-order valence-electron chi connectivity index (χ0n) is 20.0. The molecule has 0 aliphatic carbocycles. The van der Waals surface area contributed by atoms with Gasteiger partial charge in [0, 0.05) is 23.7 Å². The molecule has 0 saturated heterocycles. The number of fused-ring (bicyclic) bond motifs is 2. The molecule has 0 fully saturated rings. The number of para-hydroxylation sites is 2. The number of esters is 1. The molecule has 8 nitrogen and oxygen atoms in total. The van der Waals surface area contributed by atoms with E-state index < -0.39 is 0 Å². The summed E-state index contributed by atoms with van der Waals surface area (Å²) in [5.74, 6) is 0.982. The maximum Gasteiger partial charge on any atom is 0.338 e. The normalized spacial score (nSPS) is 14.4. The van der Waals surface area contributed by atoms with E-state index in [-0.39, 0.29) is 18.0 Å². The van der Waals surface area contributed by atoms with E-state index in [1.165, 1.54) is 0 Å². The summed E-state index contributed by atoms with van der Waals surface area (Å²) < 4.78 is 18.7. The Morgan fingerprint density at radius 3 is 2.78 bits per heavy atom. The molecular weight excluding hydrogens is 458 g/mol. The van der Waals surface area contributed by atoms with Crippen molar-refractivity contribution >= 4 is 22.8 Å². The Kier molecular flexibility index (Phi) is 6.84. The molecule has 1 amide bonds. The van der Waals surface area contributed by atoms with Gasteiger partial charge in [0.2, 0.25) is 0 Å². The number of hydrogen-bond donors (Lipinski definition) is 1. The molecule has 8 heteroatoms. The average Bonchev–Trinajstić information content (AvgIpc) is 3.30. The first kappa shape index (κ1) is 23.4. The number of carbonyl (C=O) groups excluding carboxylic acids is 2. The van der Waals surface area contributed by atoms with Crippen molar-refractivity contribution in [3.8, 4) is 11.5 Å².